The van der Waals surface area contributed by atoms with Gasteiger partial charge in [-0.2, -0.15) is 0 Å². The fraction of sp³-hybridized carbons (Fsp3) is 0.143. The Morgan fingerprint density at radius 2 is 1.09 bits per heavy atom. The molecule has 0 unspecified atom stereocenters. The van der Waals surface area contributed by atoms with E-state index in [1.165, 1.54) is 35.2 Å². The van der Waals surface area contributed by atoms with Crippen molar-refractivity contribution in [2.75, 3.05) is 12.5 Å². The van der Waals surface area contributed by atoms with Gasteiger partial charge in [0, 0.05) is 0 Å². The number of rotatable bonds is 2. The normalized spacial score (nSPS) is 23.9. The molecule has 4 aliphatic rings. The van der Waals surface area contributed by atoms with Crippen LogP contribution in [0.1, 0.15) is 0 Å². The predicted molar refractivity (Wildman–Crippen MR) is 125 cm³/mol. The first-order valence-corrected chi connectivity index (χ1v) is 15.7. The summed E-state index contributed by atoms with van der Waals surface area (Å²) in [7, 11) is 0. The van der Waals surface area contributed by atoms with Crippen molar-refractivity contribution >= 4 is 109 Å². The Kier molecular flexibility index (Phi) is 6.46. The van der Waals surface area contributed by atoms with Crippen molar-refractivity contribution in [3.05, 3.63) is 57.3 Å². The summed E-state index contributed by atoms with van der Waals surface area (Å²) < 4.78 is 10.3. The van der Waals surface area contributed by atoms with Crippen LogP contribution in [-0.4, -0.2) is 27.5 Å². The van der Waals surface area contributed by atoms with E-state index >= 15 is 0 Å². The van der Waals surface area contributed by atoms with E-state index in [0.717, 1.165) is 0 Å². The SMILES string of the molecule is CSC1=C(SC)SC(=C2SC3=C(SC(=C4C=C[Se]C=C4)S3)S2)S1. The number of hydrogen-bond acceptors (Lipinski definition) is 8. The maximum atomic E-state index is 2.30. The van der Waals surface area contributed by atoms with Crippen LogP contribution in [0.25, 0.3) is 0 Å². The topological polar surface area (TPSA) is 0 Å². The summed E-state index contributed by atoms with van der Waals surface area (Å²) in [4.78, 5) is 4.61. The van der Waals surface area contributed by atoms with Gasteiger partial charge in [0.1, 0.15) is 0 Å². The van der Waals surface area contributed by atoms with Crippen LogP contribution >= 0.6 is 94.1 Å². The quantitative estimate of drug-likeness (QED) is 0.344. The van der Waals surface area contributed by atoms with Crippen LogP contribution < -0.4 is 0 Å². The van der Waals surface area contributed by atoms with E-state index in [0.29, 0.717) is 15.0 Å². The number of allylic oxidation sites excluding steroid dienone is 3. The standard InChI is InChI=1S/C14H10S8Se/c1-15-9-10(16-2)20-13(19-9)14-21-11-12(22-14)18-8(17-11)7-3-5-23-6-4-7/h3-6H,1-2H3. The van der Waals surface area contributed by atoms with Gasteiger partial charge >= 0.3 is 166 Å². The second kappa shape index (κ2) is 8.19. The molecule has 0 radical (unpaired) electrons. The molecule has 0 nitrogen and oxygen atoms in total. The van der Waals surface area contributed by atoms with E-state index in [-0.39, 0.29) is 0 Å². The maximum absolute atomic E-state index is 2.30. The molecule has 0 atom stereocenters. The minimum atomic E-state index is 0.559. The molecule has 4 rings (SSSR count). The van der Waals surface area contributed by atoms with Crippen molar-refractivity contribution in [1.29, 1.82) is 0 Å². The van der Waals surface area contributed by atoms with Gasteiger partial charge < -0.3 is 0 Å². The Morgan fingerprint density at radius 3 is 1.57 bits per heavy atom. The Bertz CT molecular complexity index is 686. The fourth-order valence-electron chi connectivity index (χ4n) is 1.86. The third-order valence-corrected chi connectivity index (χ3v) is 15.5. The van der Waals surface area contributed by atoms with Crippen LogP contribution in [-0.2, 0) is 0 Å². The summed E-state index contributed by atoms with van der Waals surface area (Å²) in [6.45, 7) is 0. The molecule has 0 bridgehead atoms. The van der Waals surface area contributed by atoms with E-state index in [2.05, 4.69) is 34.6 Å². The number of thioether (sulfide) groups is 8. The van der Waals surface area contributed by atoms with Gasteiger partial charge in [0.2, 0.25) is 0 Å². The molecule has 0 saturated carbocycles. The molecule has 0 aliphatic carbocycles. The first-order chi connectivity index (χ1) is 11.3. The van der Waals surface area contributed by atoms with Crippen LogP contribution in [0.15, 0.2) is 57.3 Å². The molecule has 9 heteroatoms. The molecule has 4 heterocycles. The summed E-state index contributed by atoms with van der Waals surface area (Å²) in [5, 5.41) is 0. The molecule has 0 aromatic heterocycles. The van der Waals surface area contributed by atoms with Gasteiger partial charge in [-0.1, -0.05) is 0 Å². The molecule has 0 aromatic carbocycles. The third kappa shape index (κ3) is 3.89. The monoisotopic (exact) mass is 514 g/mol. The summed E-state index contributed by atoms with van der Waals surface area (Å²) in [6, 6.07) is 0. The van der Waals surface area contributed by atoms with E-state index < -0.39 is 0 Å². The number of hydrogen-bond donors (Lipinski definition) is 0. The van der Waals surface area contributed by atoms with Crippen LogP contribution in [0.2, 0.25) is 0 Å². The predicted octanol–water partition coefficient (Wildman–Crippen LogP) is 7.49. The average molecular weight is 514 g/mol. The van der Waals surface area contributed by atoms with Crippen LogP contribution in [0.3, 0.4) is 0 Å². The minimum absolute atomic E-state index is 0.559. The summed E-state index contributed by atoms with van der Waals surface area (Å²) in [6.07, 6.45) is 8.93. The van der Waals surface area contributed by atoms with E-state index in [4.69, 9.17) is 0 Å². The summed E-state index contributed by atoms with van der Waals surface area (Å²) in [5.41, 5.74) is 1.39. The molecule has 0 amide bonds. The first kappa shape index (κ1) is 18.1. The molecule has 0 spiro atoms. The van der Waals surface area contributed by atoms with Crippen LogP contribution in [0.5, 0.6) is 0 Å². The van der Waals surface area contributed by atoms with Gasteiger partial charge in [-0.25, -0.2) is 0 Å². The van der Waals surface area contributed by atoms with Crippen molar-refractivity contribution in [1.82, 2.24) is 0 Å². The molecule has 23 heavy (non-hydrogen) atoms. The van der Waals surface area contributed by atoms with Crippen LogP contribution in [0.4, 0.5) is 0 Å². The molecular formula is C14H10S8Se. The van der Waals surface area contributed by atoms with Gasteiger partial charge in [-0.05, 0) is 12.5 Å². The Labute approximate surface area is 177 Å². The Balaban J connectivity index is 1.48. The van der Waals surface area contributed by atoms with E-state index in [9.17, 15) is 0 Å². The van der Waals surface area contributed by atoms with Gasteiger partial charge in [0.15, 0.2) is 0 Å². The molecule has 120 valence electrons. The average Bonchev–Trinajstić information content (AvgIpc) is 3.27. The molecule has 0 aromatic rings. The third-order valence-electron chi connectivity index (χ3n) is 2.87. The molecule has 0 N–H and O–H groups in total. The Hall–Kier alpha value is 1.76. The molecule has 0 fully saturated rings. The van der Waals surface area contributed by atoms with Crippen molar-refractivity contribution in [2.45, 2.75) is 0 Å². The molecule has 0 saturated heterocycles. The second-order valence-corrected chi connectivity index (χ2v) is 15.5. The zero-order chi connectivity index (χ0) is 15.8. The van der Waals surface area contributed by atoms with Gasteiger partial charge in [-0.15, -0.1) is 0 Å². The van der Waals surface area contributed by atoms with Gasteiger partial charge in [0.05, 0.1) is 0 Å². The Morgan fingerprint density at radius 1 is 0.652 bits per heavy atom. The second-order valence-electron chi connectivity index (χ2n) is 4.23. The van der Waals surface area contributed by atoms with Crippen molar-refractivity contribution < 1.29 is 0 Å². The van der Waals surface area contributed by atoms with Gasteiger partial charge in [0.25, 0.3) is 0 Å². The molecule has 4 aliphatic heterocycles. The van der Waals surface area contributed by atoms with Crippen molar-refractivity contribution in [3.63, 3.8) is 0 Å². The van der Waals surface area contributed by atoms with E-state index in [1.54, 1.807) is 0 Å². The van der Waals surface area contributed by atoms with Gasteiger partial charge in [-0.3, -0.25) is 0 Å². The molecular weight excluding hydrogens is 504 g/mol. The zero-order valence-corrected chi connectivity index (χ0v) is 20.2. The summed E-state index contributed by atoms with van der Waals surface area (Å²) in [5.74, 6) is 0. The fourth-order valence-corrected chi connectivity index (χ4v) is 14.6. The van der Waals surface area contributed by atoms with E-state index in [1.807, 2.05) is 94.1 Å². The van der Waals surface area contributed by atoms with Crippen molar-refractivity contribution in [3.8, 4) is 0 Å². The summed E-state index contributed by atoms with van der Waals surface area (Å²) >= 11 is 16.1. The van der Waals surface area contributed by atoms with Crippen LogP contribution in [0, 0.1) is 0 Å². The van der Waals surface area contributed by atoms with Crippen molar-refractivity contribution in [2.24, 2.45) is 0 Å². The zero-order valence-electron chi connectivity index (χ0n) is 12.0. The first-order valence-electron chi connectivity index (χ1n) is 6.39.